The highest BCUT2D eigenvalue weighted by atomic mass is 16.6. The summed E-state index contributed by atoms with van der Waals surface area (Å²) in [5.74, 6) is 2.33. The summed E-state index contributed by atoms with van der Waals surface area (Å²) in [5.41, 5.74) is 2.83. The Morgan fingerprint density at radius 1 is 1.03 bits per heavy atom. The predicted molar refractivity (Wildman–Crippen MR) is 137 cm³/mol. The maximum absolute atomic E-state index is 12.4. The van der Waals surface area contributed by atoms with Crippen molar-refractivity contribution >= 4 is 11.9 Å². The van der Waals surface area contributed by atoms with Crippen LogP contribution in [0.2, 0.25) is 0 Å². The molecule has 0 spiro atoms. The number of amides is 1. The third-order valence-corrected chi connectivity index (χ3v) is 6.51. The minimum atomic E-state index is -0.476. The van der Waals surface area contributed by atoms with Gasteiger partial charge in [-0.25, -0.2) is 9.78 Å². The van der Waals surface area contributed by atoms with Crippen LogP contribution in [0.15, 0.2) is 36.4 Å². The molecule has 0 radical (unpaired) electrons. The topological polar surface area (TPSA) is 54.9 Å². The molecule has 0 N–H and O–H groups in total. The number of rotatable bonds is 5. The highest BCUT2D eigenvalue weighted by molar-refractivity contribution is 5.69. The Bertz CT molecular complexity index is 985. The molecule has 2 aliphatic rings. The fraction of sp³-hybridized carbons (Fsp3) is 0.571. The summed E-state index contributed by atoms with van der Waals surface area (Å²) in [6.07, 6.45) is 4.96. The largest absolute Gasteiger partial charge is 0.490 e. The van der Waals surface area contributed by atoms with Gasteiger partial charge in [0.2, 0.25) is 0 Å². The van der Waals surface area contributed by atoms with Gasteiger partial charge in [-0.1, -0.05) is 19.9 Å². The molecule has 6 heteroatoms. The van der Waals surface area contributed by atoms with Gasteiger partial charge < -0.3 is 19.3 Å². The molecule has 2 heterocycles. The fourth-order valence-electron chi connectivity index (χ4n) is 4.66. The minimum Gasteiger partial charge on any atom is -0.490 e. The monoisotopic (exact) mass is 465 g/mol. The van der Waals surface area contributed by atoms with Gasteiger partial charge in [0.1, 0.15) is 17.2 Å². The Balaban J connectivity index is 1.46. The molecule has 1 saturated heterocycles. The summed E-state index contributed by atoms with van der Waals surface area (Å²) in [5, 5.41) is 0. The van der Waals surface area contributed by atoms with Crippen LogP contribution in [-0.2, 0) is 4.74 Å². The molecule has 34 heavy (non-hydrogen) atoms. The van der Waals surface area contributed by atoms with E-state index in [1.54, 1.807) is 4.90 Å². The lowest BCUT2D eigenvalue weighted by Crippen LogP contribution is -2.50. The second-order valence-electron chi connectivity index (χ2n) is 10.8. The Kier molecular flexibility index (Phi) is 7.34. The van der Waals surface area contributed by atoms with Crippen molar-refractivity contribution in [2.45, 2.75) is 77.9 Å². The SMILES string of the molecule is CC(C)c1cc(-c2cccc(N3CCN(C(=O)OC(C)(C)C)CC3)n2)ccc1OC1CCCC1. The number of carbonyl (C=O) groups excluding carboxylic acids is 1. The van der Waals surface area contributed by atoms with Crippen molar-refractivity contribution < 1.29 is 14.3 Å². The number of ether oxygens (including phenoxy) is 2. The second-order valence-corrected chi connectivity index (χ2v) is 10.8. The Morgan fingerprint density at radius 2 is 1.74 bits per heavy atom. The fourth-order valence-corrected chi connectivity index (χ4v) is 4.66. The van der Waals surface area contributed by atoms with Gasteiger partial charge in [0.05, 0.1) is 11.8 Å². The van der Waals surface area contributed by atoms with E-state index in [1.165, 1.54) is 18.4 Å². The molecule has 1 aromatic heterocycles. The van der Waals surface area contributed by atoms with E-state index in [2.05, 4.69) is 49.1 Å². The first-order valence-electron chi connectivity index (χ1n) is 12.7. The molecule has 4 rings (SSSR count). The lowest BCUT2D eigenvalue weighted by molar-refractivity contribution is 0.0240. The molecule has 1 aliphatic carbocycles. The number of hydrogen-bond acceptors (Lipinski definition) is 5. The summed E-state index contributed by atoms with van der Waals surface area (Å²) in [6, 6.07) is 12.7. The number of hydrogen-bond donors (Lipinski definition) is 0. The molecule has 1 saturated carbocycles. The Morgan fingerprint density at radius 3 is 2.38 bits per heavy atom. The smallest absolute Gasteiger partial charge is 0.410 e. The number of nitrogens with zero attached hydrogens (tertiary/aromatic N) is 3. The molecule has 0 atom stereocenters. The number of benzene rings is 1. The maximum Gasteiger partial charge on any atom is 0.410 e. The number of anilines is 1. The summed E-state index contributed by atoms with van der Waals surface area (Å²) in [4.78, 5) is 21.4. The van der Waals surface area contributed by atoms with E-state index in [0.29, 0.717) is 25.1 Å². The molecule has 1 aromatic carbocycles. The van der Waals surface area contributed by atoms with Crippen LogP contribution in [0.5, 0.6) is 5.75 Å². The van der Waals surface area contributed by atoms with Crippen LogP contribution in [0.3, 0.4) is 0 Å². The first-order chi connectivity index (χ1) is 16.2. The van der Waals surface area contributed by atoms with Crippen LogP contribution in [-0.4, -0.2) is 53.9 Å². The maximum atomic E-state index is 12.4. The van der Waals surface area contributed by atoms with Gasteiger partial charge in [-0.15, -0.1) is 0 Å². The van der Waals surface area contributed by atoms with Crippen molar-refractivity contribution in [2.24, 2.45) is 0 Å². The van der Waals surface area contributed by atoms with Gasteiger partial charge in [-0.2, -0.15) is 0 Å². The number of carbonyl (C=O) groups is 1. The third kappa shape index (κ3) is 6.02. The summed E-state index contributed by atoms with van der Waals surface area (Å²) in [6.45, 7) is 12.9. The van der Waals surface area contributed by atoms with E-state index in [1.807, 2.05) is 26.8 Å². The standard InChI is InChI=1S/C28H39N3O3/c1-20(2)23-19-21(13-14-25(23)33-22-9-6-7-10-22)24-11-8-12-26(29-24)30-15-17-31(18-16-30)27(32)34-28(3,4)5/h8,11-14,19-20,22H,6-7,9-10,15-18H2,1-5H3. The van der Waals surface area contributed by atoms with Gasteiger partial charge in [0.25, 0.3) is 0 Å². The third-order valence-electron chi connectivity index (χ3n) is 6.51. The van der Waals surface area contributed by atoms with E-state index in [4.69, 9.17) is 14.5 Å². The van der Waals surface area contributed by atoms with E-state index in [-0.39, 0.29) is 6.09 Å². The van der Waals surface area contributed by atoms with Crippen LogP contribution in [0, 0.1) is 0 Å². The van der Waals surface area contributed by atoms with E-state index in [0.717, 1.165) is 48.8 Å². The van der Waals surface area contributed by atoms with Crippen molar-refractivity contribution in [3.05, 3.63) is 42.0 Å². The molecule has 1 aliphatic heterocycles. The van der Waals surface area contributed by atoms with Crippen LogP contribution in [0.4, 0.5) is 10.6 Å². The molecule has 1 amide bonds. The molecule has 2 aromatic rings. The number of piperazine rings is 1. The van der Waals surface area contributed by atoms with E-state index >= 15 is 0 Å². The summed E-state index contributed by atoms with van der Waals surface area (Å²) < 4.78 is 11.9. The number of pyridine rings is 1. The van der Waals surface area contributed by atoms with Crippen molar-refractivity contribution in [1.82, 2.24) is 9.88 Å². The quantitative estimate of drug-likeness (QED) is 0.522. The molecule has 2 fully saturated rings. The molecular formula is C28H39N3O3. The zero-order valence-corrected chi connectivity index (χ0v) is 21.3. The zero-order chi connectivity index (χ0) is 24.3. The lowest BCUT2D eigenvalue weighted by atomic mass is 9.98. The van der Waals surface area contributed by atoms with Gasteiger partial charge >= 0.3 is 6.09 Å². The van der Waals surface area contributed by atoms with Gasteiger partial charge in [-0.05, 0) is 88.3 Å². The lowest BCUT2D eigenvalue weighted by Gasteiger charge is -2.36. The van der Waals surface area contributed by atoms with Gasteiger partial charge in [0.15, 0.2) is 0 Å². The first kappa shape index (κ1) is 24.4. The molecule has 0 unspecified atom stereocenters. The molecule has 0 bridgehead atoms. The average Bonchev–Trinajstić information content (AvgIpc) is 3.31. The van der Waals surface area contributed by atoms with Crippen LogP contribution in [0.1, 0.15) is 71.8 Å². The molecule has 6 nitrogen and oxygen atoms in total. The van der Waals surface area contributed by atoms with Crippen LogP contribution < -0.4 is 9.64 Å². The highest BCUT2D eigenvalue weighted by Crippen LogP contribution is 2.34. The molecule has 184 valence electrons. The summed E-state index contributed by atoms with van der Waals surface area (Å²) in [7, 11) is 0. The van der Waals surface area contributed by atoms with Crippen LogP contribution >= 0.6 is 0 Å². The van der Waals surface area contributed by atoms with Crippen molar-refractivity contribution in [2.75, 3.05) is 31.1 Å². The normalized spacial score (nSPS) is 17.4. The van der Waals surface area contributed by atoms with Crippen molar-refractivity contribution in [3.63, 3.8) is 0 Å². The zero-order valence-electron chi connectivity index (χ0n) is 21.3. The minimum absolute atomic E-state index is 0.241. The average molecular weight is 466 g/mol. The Hall–Kier alpha value is -2.76. The summed E-state index contributed by atoms with van der Waals surface area (Å²) >= 11 is 0. The Labute approximate surface area is 204 Å². The van der Waals surface area contributed by atoms with E-state index < -0.39 is 5.60 Å². The predicted octanol–water partition coefficient (Wildman–Crippen LogP) is 6.25. The molecular weight excluding hydrogens is 426 g/mol. The van der Waals surface area contributed by atoms with E-state index in [9.17, 15) is 4.79 Å². The van der Waals surface area contributed by atoms with Crippen molar-refractivity contribution in [1.29, 1.82) is 0 Å². The number of aromatic nitrogens is 1. The second kappa shape index (κ2) is 10.2. The van der Waals surface area contributed by atoms with Crippen molar-refractivity contribution in [3.8, 4) is 17.0 Å². The van der Waals surface area contributed by atoms with Crippen LogP contribution in [0.25, 0.3) is 11.3 Å². The van der Waals surface area contributed by atoms with Gasteiger partial charge in [0, 0.05) is 31.7 Å². The first-order valence-corrected chi connectivity index (χ1v) is 12.7. The van der Waals surface area contributed by atoms with Gasteiger partial charge in [-0.3, -0.25) is 0 Å². The highest BCUT2D eigenvalue weighted by Gasteiger charge is 2.26.